The molecule has 1 aromatic carbocycles. The molecule has 2 heteroatoms. The third kappa shape index (κ3) is 3.26. The number of aliphatic hydroxyl groups is 1. The monoisotopic (exact) mass is 248 g/mol. The Kier molecular flexibility index (Phi) is 4.65. The number of aliphatic hydroxyl groups excluding tert-OH is 1. The Balaban J connectivity index is 1.93. The molecule has 1 N–H and O–H groups in total. The molecule has 1 aromatic rings. The molecule has 0 bridgehead atoms. The summed E-state index contributed by atoms with van der Waals surface area (Å²) >= 11 is 0. The zero-order valence-corrected chi connectivity index (χ0v) is 11.5. The first-order chi connectivity index (χ1) is 8.70. The van der Waals surface area contributed by atoms with Crippen LogP contribution >= 0.6 is 0 Å². The van der Waals surface area contributed by atoms with E-state index in [4.69, 9.17) is 4.74 Å². The van der Waals surface area contributed by atoms with Crippen molar-refractivity contribution in [2.75, 3.05) is 7.11 Å². The minimum Gasteiger partial charge on any atom is -0.497 e. The second-order valence-electron chi connectivity index (χ2n) is 5.47. The van der Waals surface area contributed by atoms with E-state index in [0.717, 1.165) is 35.6 Å². The van der Waals surface area contributed by atoms with Crippen LogP contribution < -0.4 is 4.74 Å². The van der Waals surface area contributed by atoms with Crippen LogP contribution in [0.1, 0.15) is 55.8 Å². The van der Waals surface area contributed by atoms with Crippen molar-refractivity contribution < 1.29 is 9.84 Å². The van der Waals surface area contributed by atoms with Gasteiger partial charge in [-0.05, 0) is 48.9 Å². The highest BCUT2D eigenvalue weighted by Gasteiger charge is 2.18. The van der Waals surface area contributed by atoms with Crippen LogP contribution in [0.3, 0.4) is 0 Å². The maximum atomic E-state index is 10.3. The van der Waals surface area contributed by atoms with Crippen LogP contribution in [0.15, 0.2) is 18.2 Å². The van der Waals surface area contributed by atoms with Gasteiger partial charge in [0.25, 0.3) is 0 Å². The van der Waals surface area contributed by atoms with Crippen LogP contribution in [-0.4, -0.2) is 12.2 Å². The normalized spacial score (nSPS) is 17.9. The van der Waals surface area contributed by atoms with E-state index in [1.807, 2.05) is 25.1 Å². The summed E-state index contributed by atoms with van der Waals surface area (Å²) in [5.74, 6) is 1.71. The average molecular weight is 248 g/mol. The van der Waals surface area contributed by atoms with Crippen molar-refractivity contribution in [2.24, 2.45) is 5.92 Å². The SMILES string of the molecule is COc1ccc(C(O)CCC2CCCC2)c(C)c1. The average Bonchev–Trinajstić information content (AvgIpc) is 2.88. The molecule has 0 saturated heterocycles. The fourth-order valence-corrected chi connectivity index (χ4v) is 3.00. The Bertz CT molecular complexity index is 381. The van der Waals surface area contributed by atoms with Gasteiger partial charge in [-0.25, -0.2) is 0 Å². The van der Waals surface area contributed by atoms with Crippen molar-refractivity contribution in [3.63, 3.8) is 0 Å². The second-order valence-corrected chi connectivity index (χ2v) is 5.47. The molecule has 100 valence electrons. The first-order valence-electron chi connectivity index (χ1n) is 7.03. The molecule has 1 saturated carbocycles. The lowest BCUT2D eigenvalue weighted by atomic mass is 9.94. The maximum Gasteiger partial charge on any atom is 0.119 e. The molecular weight excluding hydrogens is 224 g/mol. The molecule has 0 amide bonds. The van der Waals surface area contributed by atoms with Crippen LogP contribution in [0.4, 0.5) is 0 Å². The van der Waals surface area contributed by atoms with E-state index in [9.17, 15) is 5.11 Å². The molecule has 1 aliphatic carbocycles. The van der Waals surface area contributed by atoms with Gasteiger partial charge in [0, 0.05) is 0 Å². The van der Waals surface area contributed by atoms with Gasteiger partial charge < -0.3 is 9.84 Å². The molecule has 0 aromatic heterocycles. The smallest absolute Gasteiger partial charge is 0.119 e. The highest BCUT2D eigenvalue weighted by molar-refractivity contribution is 5.35. The summed E-state index contributed by atoms with van der Waals surface area (Å²) in [6.45, 7) is 2.04. The van der Waals surface area contributed by atoms with Crippen LogP contribution in [0.2, 0.25) is 0 Å². The quantitative estimate of drug-likeness (QED) is 0.853. The van der Waals surface area contributed by atoms with E-state index in [-0.39, 0.29) is 6.10 Å². The summed E-state index contributed by atoms with van der Waals surface area (Å²) in [5.41, 5.74) is 2.17. The topological polar surface area (TPSA) is 29.5 Å². The van der Waals surface area contributed by atoms with Gasteiger partial charge in [-0.1, -0.05) is 31.7 Å². The van der Waals surface area contributed by atoms with Gasteiger partial charge in [-0.2, -0.15) is 0 Å². The van der Waals surface area contributed by atoms with Gasteiger partial charge in [-0.15, -0.1) is 0 Å². The van der Waals surface area contributed by atoms with E-state index in [2.05, 4.69) is 0 Å². The van der Waals surface area contributed by atoms with E-state index < -0.39 is 0 Å². The third-order valence-electron chi connectivity index (χ3n) is 4.16. The molecule has 1 unspecified atom stereocenters. The highest BCUT2D eigenvalue weighted by atomic mass is 16.5. The lowest BCUT2D eigenvalue weighted by Crippen LogP contribution is -2.03. The van der Waals surface area contributed by atoms with E-state index in [0.29, 0.717) is 0 Å². The summed E-state index contributed by atoms with van der Waals surface area (Å²) < 4.78 is 5.19. The summed E-state index contributed by atoms with van der Waals surface area (Å²) in [6, 6.07) is 5.92. The van der Waals surface area contributed by atoms with Crippen molar-refractivity contribution in [1.82, 2.24) is 0 Å². The lowest BCUT2D eigenvalue weighted by molar-refractivity contribution is 0.156. The van der Waals surface area contributed by atoms with Crippen LogP contribution in [0, 0.1) is 12.8 Å². The zero-order valence-electron chi connectivity index (χ0n) is 11.5. The molecule has 0 radical (unpaired) electrons. The number of rotatable bonds is 5. The van der Waals surface area contributed by atoms with Crippen molar-refractivity contribution >= 4 is 0 Å². The number of methoxy groups -OCH3 is 1. The van der Waals surface area contributed by atoms with Crippen LogP contribution in [0.5, 0.6) is 5.75 Å². The number of ether oxygens (including phenoxy) is 1. The lowest BCUT2D eigenvalue weighted by Gasteiger charge is -2.16. The Labute approximate surface area is 110 Å². The van der Waals surface area contributed by atoms with Crippen LogP contribution in [0.25, 0.3) is 0 Å². The Morgan fingerprint density at radius 2 is 2.06 bits per heavy atom. The molecular formula is C16H24O2. The van der Waals surface area contributed by atoms with E-state index in [1.54, 1.807) is 7.11 Å². The van der Waals surface area contributed by atoms with Gasteiger partial charge >= 0.3 is 0 Å². The molecule has 1 fully saturated rings. The Hall–Kier alpha value is -1.02. The minimum atomic E-state index is -0.323. The van der Waals surface area contributed by atoms with Gasteiger partial charge in [0.2, 0.25) is 0 Å². The van der Waals surface area contributed by atoms with Crippen molar-refractivity contribution in [1.29, 1.82) is 0 Å². The summed E-state index contributed by atoms with van der Waals surface area (Å²) in [4.78, 5) is 0. The standard InChI is InChI=1S/C16H24O2/c1-12-11-14(18-2)8-9-15(12)16(17)10-7-13-5-3-4-6-13/h8-9,11,13,16-17H,3-7,10H2,1-2H3. The van der Waals surface area contributed by atoms with Gasteiger partial charge in [0.15, 0.2) is 0 Å². The molecule has 2 rings (SSSR count). The Morgan fingerprint density at radius 3 is 2.67 bits per heavy atom. The molecule has 0 heterocycles. The molecule has 1 atom stereocenters. The maximum absolute atomic E-state index is 10.3. The first kappa shape index (κ1) is 13.4. The summed E-state index contributed by atoms with van der Waals surface area (Å²) in [5, 5.41) is 10.3. The molecule has 2 nitrogen and oxygen atoms in total. The number of hydrogen-bond donors (Lipinski definition) is 1. The van der Waals surface area contributed by atoms with Crippen molar-refractivity contribution in [3.05, 3.63) is 29.3 Å². The first-order valence-corrected chi connectivity index (χ1v) is 7.03. The van der Waals surface area contributed by atoms with E-state index in [1.165, 1.54) is 25.7 Å². The Morgan fingerprint density at radius 1 is 1.33 bits per heavy atom. The van der Waals surface area contributed by atoms with Crippen molar-refractivity contribution in [2.45, 2.75) is 51.6 Å². The third-order valence-corrected chi connectivity index (χ3v) is 4.16. The minimum absolute atomic E-state index is 0.323. The number of aryl methyl sites for hydroxylation is 1. The predicted octanol–water partition coefficient (Wildman–Crippen LogP) is 4.01. The summed E-state index contributed by atoms with van der Waals surface area (Å²) in [6.07, 6.45) is 7.19. The number of hydrogen-bond acceptors (Lipinski definition) is 2. The molecule has 1 aliphatic rings. The largest absolute Gasteiger partial charge is 0.497 e. The fourth-order valence-electron chi connectivity index (χ4n) is 3.00. The molecule has 0 aliphatic heterocycles. The van der Waals surface area contributed by atoms with Gasteiger partial charge in [0.1, 0.15) is 5.75 Å². The van der Waals surface area contributed by atoms with Crippen molar-refractivity contribution in [3.8, 4) is 5.75 Å². The van der Waals surface area contributed by atoms with Crippen LogP contribution in [-0.2, 0) is 0 Å². The predicted molar refractivity (Wildman–Crippen MR) is 73.9 cm³/mol. The zero-order chi connectivity index (χ0) is 13.0. The van der Waals surface area contributed by atoms with Gasteiger partial charge in [-0.3, -0.25) is 0 Å². The molecule has 0 spiro atoms. The number of benzene rings is 1. The van der Waals surface area contributed by atoms with E-state index >= 15 is 0 Å². The second kappa shape index (κ2) is 6.24. The highest BCUT2D eigenvalue weighted by Crippen LogP contribution is 2.32. The summed E-state index contributed by atoms with van der Waals surface area (Å²) in [7, 11) is 1.67. The molecule has 18 heavy (non-hydrogen) atoms. The fraction of sp³-hybridized carbons (Fsp3) is 0.625. The van der Waals surface area contributed by atoms with Gasteiger partial charge in [0.05, 0.1) is 13.2 Å².